The van der Waals surface area contributed by atoms with Crippen LogP contribution in [0.3, 0.4) is 0 Å². The van der Waals surface area contributed by atoms with Crippen molar-refractivity contribution in [3.8, 4) is 0 Å². The van der Waals surface area contributed by atoms with Gasteiger partial charge < -0.3 is 0 Å². The monoisotopic (exact) mass is 319 g/mol. The van der Waals surface area contributed by atoms with Crippen LogP contribution in [0.5, 0.6) is 0 Å². The number of benzene rings is 1. The number of hydrogen-bond donors (Lipinski definition) is 1. The zero-order chi connectivity index (χ0) is 13.2. The van der Waals surface area contributed by atoms with Crippen LogP contribution in [0.25, 0.3) is 0 Å². The predicted molar refractivity (Wildman–Crippen MR) is 76.1 cm³/mol. The van der Waals surface area contributed by atoms with Gasteiger partial charge in [-0.2, -0.15) is 0 Å². The molecule has 3 nitrogen and oxygen atoms in total. The van der Waals surface area contributed by atoms with Gasteiger partial charge in [-0.1, -0.05) is 23.4 Å². The van der Waals surface area contributed by atoms with Crippen molar-refractivity contribution in [3.05, 3.63) is 41.4 Å². The van der Waals surface area contributed by atoms with Gasteiger partial charge >= 0.3 is 0 Å². The molecule has 2 aromatic rings. The summed E-state index contributed by atoms with van der Waals surface area (Å²) >= 11 is 8.56. The molecule has 1 aromatic carbocycles. The molecule has 0 aliphatic rings. The second kappa shape index (κ2) is 5.63. The van der Waals surface area contributed by atoms with Crippen LogP contribution in [0.1, 0.15) is 0 Å². The minimum atomic E-state index is -3.34. The summed E-state index contributed by atoms with van der Waals surface area (Å²) in [5.41, 5.74) is 0. The van der Waals surface area contributed by atoms with Crippen LogP contribution in [0.2, 0.25) is 5.02 Å². The Bertz CT molecular complexity index is 635. The van der Waals surface area contributed by atoms with Crippen LogP contribution in [-0.4, -0.2) is 15.5 Å². The summed E-state index contributed by atoms with van der Waals surface area (Å²) in [6.45, 7) is 0. The van der Waals surface area contributed by atoms with Crippen LogP contribution in [0.15, 0.2) is 49.7 Å². The minimum Gasteiger partial charge on any atom is -0.214 e. The molecule has 0 atom stereocenters. The molecule has 0 aliphatic heterocycles. The summed E-state index contributed by atoms with van der Waals surface area (Å²) in [5, 5.41) is 0.684. The summed E-state index contributed by atoms with van der Waals surface area (Å²) in [6, 6.07) is 10.8. The third-order valence-corrected chi connectivity index (χ3v) is 6.51. The fourth-order valence-electron chi connectivity index (χ4n) is 1.22. The smallest absolute Gasteiger partial charge is 0.214 e. The van der Waals surface area contributed by atoms with Crippen molar-refractivity contribution in [2.24, 2.45) is 0 Å². The largest absolute Gasteiger partial charge is 0.249 e. The maximum Gasteiger partial charge on any atom is 0.249 e. The number of nitrogens with one attached hydrogen (secondary N) is 1. The number of halogens is 1. The van der Waals surface area contributed by atoms with Gasteiger partial charge in [0.2, 0.25) is 10.0 Å². The summed E-state index contributed by atoms with van der Waals surface area (Å²) < 4.78 is 26.7. The first-order valence-corrected chi connectivity index (χ1v) is 8.47. The number of hydrogen-bond acceptors (Lipinski definition) is 4. The number of thiophene rings is 1. The van der Waals surface area contributed by atoms with Crippen LogP contribution in [0.4, 0.5) is 0 Å². The van der Waals surface area contributed by atoms with Gasteiger partial charge in [0.15, 0.2) is 0 Å². The van der Waals surface area contributed by atoms with Crippen molar-refractivity contribution >= 4 is 44.7 Å². The molecule has 0 unspecified atom stereocenters. The molecule has 1 aromatic heterocycles. The summed E-state index contributed by atoms with van der Waals surface area (Å²) in [6.07, 6.45) is 0. The van der Waals surface area contributed by atoms with E-state index in [0.717, 1.165) is 9.10 Å². The summed E-state index contributed by atoms with van der Waals surface area (Å²) in [4.78, 5) is 1.02. The maximum atomic E-state index is 11.6. The fourth-order valence-corrected chi connectivity index (χ4v) is 4.75. The van der Waals surface area contributed by atoms with E-state index in [-0.39, 0.29) is 0 Å². The fraction of sp³-hybridized carbons (Fsp3) is 0.0909. The topological polar surface area (TPSA) is 46.2 Å². The zero-order valence-electron chi connectivity index (χ0n) is 9.38. The first-order chi connectivity index (χ1) is 8.51. The SMILES string of the molecule is CNS(=O)(=O)c1ccc(Sc2ccc(Cl)cc2)s1. The molecule has 0 saturated heterocycles. The quantitative estimate of drug-likeness (QED) is 0.938. The molecule has 2 rings (SSSR count). The second-order valence-corrected chi connectivity index (χ2v) is 8.34. The molecule has 0 fully saturated rings. The van der Waals surface area contributed by atoms with Gasteiger partial charge in [-0.25, -0.2) is 13.1 Å². The van der Waals surface area contributed by atoms with Crippen molar-refractivity contribution < 1.29 is 8.42 Å². The highest BCUT2D eigenvalue weighted by Crippen LogP contribution is 2.35. The van der Waals surface area contributed by atoms with Gasteiger partial charge in [0.05, 0.1) is 4.21 Å². The summed E-state index contributed by atoms with van der Waals surface area (Å²) in [5.74, 6) is 0. The molecule has 0 amide bonds. The van der Waals surface area contributed by atoms with Crippen molar-refractivity contribution in [2.75, 3.05) is 7.05 Å². The first kappa shape index (κ1) is 13.9. The summed E-state index contributed by atoms with van der Waals surface area (Å²) in [7, 11) is -1.94. The molecule has 1 heterocycles. The minimum absolute atomic E-state index is 0.321. The van der Waals surface area contributed by atoms with Crippen LogP contribution in [0, 0.1) is 0 Å². The third kappa shape index (κ3) is 3.27. The van der Waals surface area contributed by atoms with Crippen molar-refractivity contribution in [1.82, 2.24) is 4.72 Å². The highest BCUT2D eigenvalue weighted by atomic mass is 35.5. The molecular formula is C11H10ClNO2S3. The van der Waals surface area contributed by atoms with Gasteiger partial charge in [0.1, 0.15) is 4.21 Å². The van der Waals surface area contributed by atoms with Crippen molar-refractivity contribution in [3.63, 3.8) is 0 Å². The average Bonchev–Trinajstić information content (AvgIpc) is 2.81. The van der Waals surface area contributed by atoms with E-state index in [9.17, 15) is 8.42 Å². The van der Waals surface area contributed by atoms with Crippen LogP contribution >= 0.6 is 34.7 Å². The number of rotatable bonds is 4. The molecule has 18 heavy (non-hydrogen) atoms. The molecule has 0 spiro atoms. The lowest BCUT2D eigenvalue weighted by atomic mass is 10.4. The Labute approximate surface area is 119 Å². The Morgan fingerprint density at radius 2 is 1.83 bits per heavy atom. The Kier molecular flexibility index (Phi) is 4.34. The Morgan fingerprint density at radius 3 is 2.44 bits per heavy atom. The maximum absolute atomic E-state index is 11.6. The first-order valence-electron chi connectivity index (χ1n) is 4.98. The normalized spacial score (nSPS) is 11.7. The molecule has 0 aliphatic carbocycles. The predicted octanol–water partition coefficient (Wildman–Crippen LogP) is 3.46. The Morgan fingerprint density at radius 1 is 1.17 bits per heavy atom. The highest BCUT2D eigenvalue weighted by molar-refractivity contribution is 8.01. The molecular weight excluding hydrogens is 310 g/mol. The highest BCUT2D eigenvalue weighted by Gasteiger charge is 2.14. The molecule has 0 bridgehead atoms. The Hall–Kier alpha value is -0.530. The molecule has 0 radical (unpaired) electrons. The molecule has 0 saturated carbocycles. The number of sulfonamides is 1. The van der Waals surface area contributed by atoms with Gasteiger partial charge in [-0.05, 0) is 43.4 Å². The van der Waals surface area contributed by atoms with Gasteiger partial charge in [0, 0.05) is 9.92 Å². The van der Waals surface area contributed by atoms with E-state index in [4.69, 9.17) is 11.6 Å². The second-order valence-electron chi connectivity index (χ2n) is 3.34. The van der Waals surface area contributed by atoms with E-state index in [0.29, 0.717) is 9.23 Å². The lowest BCUT2D eigenvalue weighted by molar-refractivity contribution is 0.590. The van der Waals surface area contributed by atoms with E-state index in [1.54, 1.807) is 12.1 Å². The van der Waals surface area contributed by atoms with Gasteiger partial charge in [0.25, 0.3) is 0 Å². The van der Waals surface area contributed by atoms with E-state index in [1.165, 1.54) is 30.1 Å². The molecule has 7 heteroatoms. The average molecular weight is 320 g/mol. The van der Waals surface area contributed by atoms with E-state index >= 15 is 0 Å². The van der Waals surface area contributed by atoms with Crippen LogP contribution in [-0.2, 0) is 10.0 Å². The van der Waals surface area contributed by atoms with Gasteiger partial charge in [-0.3, -0.25) is 0 Å². The van der Waals surface area contributed by atoms with Gasteiger partial charge in [-0.15, -0.1) is 11.3 Å². The van der Waals surface area contributed by atoms with Crippen LogP contribution < -0.4 is 4.72 Å². The van der Waals surface area contributed by atoms with E-state index in [2.05, 4.69) is 4.72 Å². The molecule has 1 N–H and O–H groups in total. The standard InChI is InChI=1S/C11H10ClNO2S3/c1-13-18(14,15)11-7-6-10(17-11)16-9-4-2-8(12)3-5-9/h2-7,13H,1H3. The lowest BCUT2D eigenvalue weighted by Crippen LogP contribution is -2.17. The Balaban J connectivity index is 2.19. The van der Waals surface area contributed by atoms with Crippen molar-refractivity contribution in [2.45, 2.75) is 13.3 Å². The third-order valence-electron chi connectivity index (χ3n) is 2.12. The zero-order valence-corrected chi connectivity index (χ0v) is 12.6. The van der Waals surface area contributed by atoms with E-state index < -0.39 is 10.0 Å². The molecule has 96 valence electrons. The lowest BCUT2D eigenvalue weighted by Gasteiger charge is -1.98. The van der Waals surface area contributed by atoms with Crippen molar-refractivity contribution in [1.29, 1.82) is 0 Å². The van der Waals surface area contributed by atoms with E-state index in [1.807, 2.05) is 24.3 Å².